The van der Waals surface area contributed by atoms with Gasteiger partial charge in [0, 0.05) is 38.1 Å². The van der Waals surface area contributed by atoms with Crippen molar-refractivity contribution in [1.82, 2.24) is 9.47 Å². The molecule has 2 aromatic carbocycles. The SMILES string of the molecule is CN1CCN(c2c(F)cc3c(=O)c(C(=O)O)cn(-c4ccc(OP(=O)(O)O)cc4)c3c2F)CC1. The number of carbonyl (C=O) groups is 1. The van der Waals surface area contributed by atoms with Crippen molar-refractivity contribution in [2.75, 3.05) is 38.1 Å². The lowest BCUT2D eigenvalue weighted by molar-refractivity contribution is 0.0695. The largest absolute Gasteiger partial charge is 0.524 e. The number of halogens is 2. The number of piperazine rings is 1. The topological polar surface area (TPSA) is 133 Å². The van der Waals surface area contributed by atoms with Crippen molar-refractivity contribution in [3.8, 4) is 11.4 Å². The fourth-order valence-electron chi connectivity index (χ4n) is 3.89. The highest BCUT2D eigenvalue weighted by atomic mass is 31.2. The number of likely N-dealkylation sites (N-methyl/N-ethyl adjacent to an activating group) is 1. The molecule has 0 atom stereocenters. The second-order valence-corrected chi connectivity index (χ2v) is 8.99. The third-order valence-corrected chi connectivity index (χ3v) is 5.99. The first-order chi connectivity index (χ1) is 16.0. The minimum atomic E-state index is -4.82. The number of rotatable bonds is 5. The number of aromatic carboxylic acids is 1. The number of carboxylic acid groups (broad SMARTS) is 1. The van der Waals surface area contributed by atoms with E-state index in [-0.39, 0.29) is 22.6 Å². The van der Waals surface area contributed by atoms with Crippen LogP contribution in [0.4, 0.5) is 14.5 Å². The number of hydrogen-bond acceptors (Lipinski definition) is 6. The Kier molecular flexibility index (Phi) is 6.17. The number of carboxylic acids is 1. The second kappa shape index (κ2) is 8.80. The summed E-state index contributed by atoms with van der Waals surface area (Å²) in [5.41, 5.74) is -2.23. The Morgan fingerprint density at radius 2 is 1.71 bits per heavy atom. The molecule has 1 saturated heterocycles. The summed E-state index contributed by atoms with van der Waals surface area (Å²) in [5, 5.41) is 9.01. The molecule has 34 heavy (non-hydrogen) atoms. The number of aromatic nitrogens is 1. The van der Waals surface area contributed by atoms with Gasteiger partial charge in [-0.25, -0.2) is 18.1 Å². The maximum Gasteiger partial charge on any atom is 0.524 e. The van der Waals surface area contributed by atoms with Crippen LogP contribution in [0.25, 0.3) is 16.6 Å². The van der Waals surface area contributed by atoms with Crippen LogP contribution in [0.3, 0.4) is 0 Å². The van der Waals surface area contributed by atoms with Crippen LogP contribution in [0.5, 0.6) is 5.75 Å². The first-order valence-electron chi connectivity index (χ1n) is 10.1. The third kappa shape index (κ3) is 4.53. The van der Waals surface area contributed by atoms with Crippen LogP contribution in [0.15, 0.2) is 41.3 Å². The minimum Gasteiger partial charge on any atom is -0.477 e. The Hall–Kier alpha value is -3.31. The quantitative estimate of drug-likeness (QED) is 0.456. The van der Waals surface area contributed by atoms with Crippen LogP contribution in [-0.2, 0) is 4.57 Å². The molecule has 0 radical (unpaired) electrons. The first kappa shape index (κ1) is 23.8. The van der Waals surface area contributed by atoms with E-state index in [2.05, 4.69) is 4.52 Å². The van der Waals surface area contributed by atoms with Crippen molar-refractivity contribution in [3.05, 3.63) is 63.9 Å². The monoisotopic (exact) mass is 495 g/mol. The zero-order valence-corrected chi connectivity index (χ0v) is 18.7. The molecular weight excluding hydrogens is 475 g/mol. The number of fused-ring (bicyclic) bond motifs is 1. The van der Waals surface area contributed by atoms with Gasteiger partial charge in [-0.15, -0.1) is 0 Å². The van der Waals surface area contributed by atoms with Gasteiger partial charge in [-0.3, -0.25) is 14.6 Å². The van der Waals surface area contributed by atoms with E-state index >= 15 is 8.78 Å². The number of pyridine rings is 1. The lowest BCUT2D eigenvalue weighted by atomic mass is 10.1. The molecule has 4 rings (SSSR count). The lowest BCUT2D eigenvalue weighted by Gasteiger charge is -2.34. The molecule has 3 aromatic rings. The molecular formula is C21H20F2N3O7P. The standard InChI is InChI=1S/C21H20F2N3O7P/c1-24-6-8-25(9-7-24)19-16(22)10-14-18(17(19)23)26(11-15(20(14)27)21(28)29)12-2-4-13(5-3-12)33-34(30,31)32/h2-5,10-11H,6-9H2,1H3,(H,28,29)(H2,30,31,32). The highest BCUT2D eigenvalue weighted by Gasteiger charge is 2.27. The van der Waals surface area contributed by atoms with Crippen molar-refractivity contribution in [2.24, 2.45) is 0 Å². The summed E-state index contributed by atoms with van der Waals surface area (Å²) in [6.45, 7) is 1.84. The molecule has 1 aliphatic heterocycles. The number of hydrogen-bond donors (Lipinski definition) is 3. The van der Waals surface area contributed by atoms with Gasteiger partial charge in [0.1, 0.15) is 22.8 Å². The van der Waals surface area contributed by atoms with E-state index in [1.807, 2.05) is 11.9 Å². The molecule has 2 heterocycles. The minimum absolute atomic E-state index is 0.153. The van der Waals surface area contributed by atoms with Gasteiger partial charge in [0.25, 0.3) is 0 Å². The summed E-state index contributed by atoms with van der Waals surface area (Å²) in [5.74, 6) is -3.77. The highest BCUT2D eigenvalue weighted by Crippen LogP contribution is 2.38. The molecule has 10 nitrogen and oxygen atoms in total. The van der Waals surface area contributed by atoms with E-state index in [0.29, 0.717) is 26.2 Å². The van der Waals surface area contributed by atoms with E-state index < -0.39 is 41.8 Å². The summed E-state index contributed by atoms with van der Waals surface area (Å²) in [6, 6.07) is 5.78. The molecule has 1 aliphatic rings. The molecule has 0 unspecified atom stereocenters. The maximum absolute atomic E-state index is 15.8. The zero-order valence-electron chi connectivity index (χ0n) is 17.8. The molecule has 1 aromatic heterocycles. The first-order valence-corrected chi connectivity index (χ1v) is 11.6. The number of nitrogens with zero attached hydrogens (tertiary/aromatic N) is 3. The molecule has 1 fully saturated rings. The van der Waals surface area contributed by atoms with E-state index in [0.717, 1.165) is 16.8 Å². The van der Waals surface area contributed by atoms with Crippen molar-refractivity contribution in [2.45, 2.75) is 0 Å². The van der Waals surface area contributed by atoms with Gasteiger partial charge in [-0.2, -0.15) is 0 Å². The summed E-state index contributed by atoms with van der Waals surface area (Å²) in [7, 11) is -2.93. The fraction of sp³-hybridized carbons (Fsp3) is 0.238. The van der Waals surface area contributed by atoms with Gasteiger partial charge in [0.05, 0.1) is 10.9 Å². The van der Waals surface area contributed by atoms with E-state index in [1.54, 1.807) is 0 Å². The molecule has 180 valence electrons. The maximum atomic E-state index is 15.8. The predicted molar refractivity (Wildman–Crippen MR) is 119 cm³/mol. The van der Waals surface area contributed by atoms with Gasteiger partial charge >= 0.3 is 13.8 Å². The summed E-state index contributed by atoms with van der Waals surface area (Å²) < 4.78 is 47.5. The predicted octanol–water partition coefficient (Wildman–Crippen LogP) is 2.19. The Balaban J connectivity index is 1.95. The molecule has 0 amide bonds. The average Bonchev–Trinajstić information content (AvgIpc) is 2.75. The normalized spacial score (nSPS) is 15.0. The van der Waals surface area contributed by atoms with Gasteiger partial charge < -0.3 is 24.0 Å². The number of anilines is 1. The summed E-state index contributed by atoms with van der Waals surface area (Å²) in [6.07, 6.45) is 0.931. The summed E-state index contributed by atoms with van der Waals surface area (Å²) >= 11 is 0. The van der Waals surface area contributed by atoms with Crippen molar-refractivity contribution in [1.29, 1.82) is 0 Å². The molecule has 0 bridgehead atoms. The summed E-state index contributed by atoms with van der Waals surface area (Å²) in [4.78, 5) is 45.8. The van der Waals surface area contributed by atoms with Crippen molar-refractivity contribution < 1.29 is 37.6 Å². The molecule has 0 aliphatic carbocycles. The second-order valence-electron chi connectivity index (χ2n) is 7.83. The molecule has 0 saturated carbocycles. The van der Waals surface area contributed by atoms with Gasteiger partial charge in [0.15, 0.2) is 5.82 Å². The Labute approximate surface area is 191 Å². The zero-order chi connectivity index (χ0) is 24.8. The fourth-order valence-corrected chi connectivity index (χ4v) is 4.28. The van der Waals surface area contributed by atoms with Crippen molar-refractivity contribution >= 4 is 30.4 Å². The van der Waals surface area contributed by atoms with E-state index in [9.17, 15) is 19.3 Å². The van der Waals surface area contributed by atoms with Gasteiger partial charge in [0.2, 0.25) is 5.43 Å². The number of benzene rings is 2. The van der Waals surface area contributed by atoms with Gasteiger partial charge in [-0.05, 0) is 37.4 Å². The molecule has 13 heteroatoms. The van der Waals surface area contributed by atoms with Gasteiger partial charge in [-0.1, -0.05) is 0 Å². The van der Waals surface area contributed by atoms with Crippen LogP contribution < -0.4 is 14.9 Å². The molecule has 0 spiro atoms. The third-order valence-electron chi connectivity index (χ3n) is 5.55. The van der Waals surface area contributed by atoms with E-state index in [4.69, 9.17) is 9.79 Å². The Morgan fingerprint density at radius 1 is 1.09 bits per heavy atom. The van der Waals surface area contributed by atoms with Crippen molar-refractivity contribution in [3.63, 3.8) is 0 Å². The smallest absolute Gasteiger partial charge is 0.477 e. The highest BCUT2D eigenvalue weighted by molar-refractivity contribution is 7.46. The van der Waals surface area contributed by atoms with Crippen LogP contribution >= 0.6 is 7.82 Å². The van der Waals surface area contributed by atoms with Crippen LogP contribution in [0.2, 0.25) is 0 Å². The number of phosphoric acid groups is 1. The lowest BCUT2D eigenvalue weighted by Crippen LogP contribution is -2.45. The van der Waals surface area contributed by atoms with Crippen LogP contribution in [-0.4, -0.2) is 63.6 Å². The average molecular weight is 495 g/mol. The molecule has 3 N–H and O–H groups in total. The van der Waals surface area contributed by atoms with E-state index in [1.165, 1.54) is 29.2 Å². The Morgan fingerprint density at radius 3 is 2.26 bits per heavy atom. The van der Waals surface area contributed by atoms with Crippen LogP contribution in [0, 0.1) is 11.6 Å². The Bertz CT molecular complexity index is 1380. The van der Waals surface area contributed by atoms with Crippen LogP contribution in [0.1, 0.15) is 10.4 Å². The number of phosphoric ester groups is 1.